The predicted molar refractivity (Wildman–Crippen MR) is 67.5 cm³/mol. The van der Waals surface area contributed by atoms with Gasteiger partial charge in [-0.25, -0.2) is 8.42 Å². The lowest BCUT2D eigenvalue weighted by Gasteiger charge is -2.25. The average Bonchev–Trinajstić information content (AvgIpc) is 2.31. The van der Waals surface area contributed by atoms with Gasteiger partial charge in [0.1, 0.15) is 0 Å². The third kappa shape index (κ3) is 2.53. The molecule has 6 heteroatoms. The summed E-state index contributed by atoms with van der Waals surface area (Å²) in [5.41, 5.74) is 0. The van der Waals surface area contributed by atoms with E-state index in [9.17, 15) is 8.42 Å². The molecule has 0 bridgehead atoms. The molecule has 16 heavy (non-hydrogen) atoms. The second-order valence-electron chi connectivity index (χ2n) is 3.47. The van der Waals surface area contributed by atoms with E-state index in [1.165, 1.54) is 4.31 Å². The SMILES string of the molecule is O=S(=O)(c1ccc(Cl)cc1)N1CCSCC1. The number of halogens is 1. The first-order valence-corrected chi connectivity index (χ1v) is 7.91. The number of benzene rings is 1. The van der Waals surface area contributed by atoms with Crippen molar-refractivity contribution in [3.63, 3.8) is 0 Å². The Morgan fingerprint density at radius 2 is 1.69 bits per heavy atom. The lowest BCUT2D eigenvalue weighted by atomic mass is 10.4. The molecule has 3 nitrogen and oxygen atoms in total. The smallest absolute Gasteiger partial charge is 0.207 e. The van der Waals surface area contributed by atoms with Crippen molar-refractivity contribution in [3.8, 4) is 0 Å². The third-order valence-electron chi connectivity index (χ3n) is 2.42. The normalized spacial score (nSPS) is 18.6. The minimum Gasteiger partial charge on any atom is -0.207 e. The van der Waals surface area contributed by atoms with Crippen LogP contribution in [0.5, 0.6) is 0 Å². The Bertz CT molecular complexity index is 452. The second-order valence-corrected chi connectivity index (χ2v) is 7.07. The minimum atomic E-state index is -3.32. The summed E-state index contributed by atoms with van der Waals surface area (Å²) in [6.45, 7) is 1.19. The minimum absolute atomic E-state index is 0.323. The molecule has 0 N–H and O–H groups in total. The lowest BCUT2D eigenvalue weighted by Crippen LogP contribution is -2.37. The molecule has 0 aromatic heterocycles. The van der Waals surface area contributed by atoms with Crippen LogP contribution in [0.3, 0.4) is 0 Å². The van der Waals surface area contributed by atoms with Crippen LogP contribution in [0, 0.1) is 0 Å². The van der Waals surface area contributed by atoms with E-state index in [2.05, 4.69) is 0 Å². The highest BCUT2D eigenvalue weighted by atomic mass is 35.5. The van der Waals surface area contributed by atoms with Crippen LogP contribution in [-0.2, 0) is 10.0 Å². The van der Waals surface area contributed by atoms with Gasteiger partial charge in [0.2, 0.25) is 10.0 Å². The third-order valence-corrected chi connectivity index (χ3v) is 5.53. The number of sulfonamides is 1. The van der Waals surface area contributed by atoms with Crippen LogP contribution in [0.25, 0.3) is 0 Å². The first kappa shape index (κ1) is 12.2. The van der Waals surface area contributed by atoms with E-state index in [0.717, 1.165) is 11.5 Å². The summed E-state index contributed by atoms with van der Waals surface area (Å²) >= 11 is 7.52. The highest BCUT2D eigenvalue weighted by molar-refractivity contribution is 7.99. The standard InChI is InChI=1S/C10H12ClNO2S2/c11-9-1-3-10(4-2-9)16(13,14)12-5-7-15-8-6-12/h1-4H,5-8H2. The summed E-state index contributed by atoms with van der Waals surface area (Å²) in [7, 11) is -3.32. The summed E-state index contributed by atoms with van der Waals surface area (Å²) in [4.78, 5) is 0.323. The Hall–Kier alpha value is -0.230. The first-order valence-electron chi connectivity index (χ1n) is 4.94. The zero-order chi connectivity index (χ0) is 11.6. The quantitative estimate of drug-likeness (QED) is 0.831. The molecule has 1 heterocycles. The molecule has 0 unspecified atom stereocenters. The summed E-state index contributed by atoms with van der Waals surface area (Å²) in [6, 6.07) is 6.32. The molecule has 1 aromatic rings. The van der Waals surface area contributed by atoms with Crippen LogP contribution in [0.4, 0.5) is 0 Å². The predicted octanol–water partition coefficient (Wildman–Crippen LogP) is 2.08. The zero-order valence-electron chi connectivity index (χ0n) is 8.60. The Morgan fingerprint density at radius 1 is 1.12 bits per heavy atom. The molecule has 1 saturated heterocycles. The molecule has 1 aliphatic rings. The maximum absolute atomic E-state index is 12.2. The monoisotopic (exact) mass is 277 g/mol. The van der Waals surface area contributed by atoms with Gasteiger partial charge in [0, 0.05) is 29.6 Å². The molecule has 0 radical (unpaired) electrons. The second kappa shape index (κ2) is 4.96. The fourth-order valence-electron chi connectivity index (χ4n) is 1.54. The largest absolute Gasteiger partial charge is 0.243 e. The van der Waals surface area contributed by atoms with Crippen molar-refractivity contribution in [2.75, 3.05) is 24.6 Å². The fourth-order valence-corrected chi connectivity index (χ4v) is 4.24. The Balaban J connectivity index is 2.27. The molecule has 1 aliphatic heterocycles. The number of hydrogen-bond acceptors (Lipinski definition) is 3. The molecular formula is C10H12ClNO2S2. The Morgan fingerprint density at radius 3 is 2.25 bits per heavy atom. The van der Waals surface area contributed by atoms with Gasteiger partial charge in [0.25, 0.3) is 0 Å². The van der Waals surface area contributed by atoms with Gasteiger partial charge in [-0.15, -0.1) is 0 Å². The van der Waals surface area contributed by atoms with Gasteiger partial charge in [-0.2, -0.15) is 16.1 Å². The van der Waals surface area contributed by atoms with Gasteiger partial charge in [0.15, 0.2) is 0 Å². The Kier molecular flexibility index (Phi) is 3.79. The van der Waals surface area contributed by atoms with Crippen LogP contribution in [0.1, 0.15) is 0 Å². The van der Waals surface area contributed by atoms with E-state index in [1.807, 2.05) is 0 Å². The van der Waals surface area contributed by atoms with Gasteiger partial charge in [-0.05, 0) is 24.3 Å². The van der Waals surface area contributed by atoms with E-state index in [0.29, 0.717) is 23.0 Å². The van der Waals surface area contributed by atoms with E-state index in [-0.39, 0.29) is 0 Å². The summed E-state index contributed by atoms with van der Waals surface area (Å²) in [6.07, 6.45) is 0. The van der Waals surface area contributed by atoms with Gasteiger partial charge < -0.3 is 0 Å². The van der Waals surface area contributed by atoms with E-state index < -0.39 is 10.0 Å². The molecule has 0 amide bonds. The molecule has 88 valence electrons. The van der Waals surface area contributed by atoms with Crippen LogP contribution in [0.2, 0.25) is 5.02 Å². The van der Waals surface area contributed by atoms with Crippen LogP contribution in [0.15, 0.2) is 29.2 Å². The molecule has 0 saturated carbocycles. The lowest BCUT2D eigenvalue weighted by molar-refractivity contribution is 0.443. The first-order chi connectivity index (χ1) is 7.60. The molecule has 0 atom stereocenters. The molecule has 0 aliphatic carbocycles. The van der Waals surface area contributed by atoms with E-state index in [4.69, 9.17) is 11.6 Å². The van der Waals surface area contributed by atoms with E-state index in [1.54, 1.807) is 36.0 Å². The van der Waals surface area contributed by atoms with Crippen molar-refractivity contribution >= 4 is 33.4 Å². The van der Waals surface area contributed by atoms with Crippen LogP contribution in [-0.4, -0.2) is 37.3 Å². The number of hydrogen-bond donors (Lipinski definition) is 0. The van der Waals surface area contributed by atoms with Gasteiger partial charge in [-0.3, -0.25) is 0 Å². The zero-order valence-corrected chi connectivity index (χ0v) is 11.0. The van der Waals surface area contributed by atoms with Crippen LogP contribution >= 0.6 is 23.4 Å². The number of nitrogens with zero attached hydrogens (tertiary/aromatic N) is 1. The van der Waals surface area contributed by atoms with Crippen molar-refractivity contribution in [2.24, 2.45) is 0 Å². The van der Waals surface area contributed by atoms with Crippen LogP contribution < -0.4 is 0 Å². The van der Waals surface area contributed by atoms with Gasteiger partial charge in [-0.1, -0.05) is 11.6 Å². The number of thioether (sulfide) groups is 1. The van der Waals surface area contributed by atoms with E-state index >= 15 is 0 Å². The van der Waals surface area contributed by atoms with Crippen molar-refractivity contribution in [3.05, 3.63) is 29.3 Å². The molecular weight excluding hydrogens is 266 g/mol. The highest BCUT2D eigenvalue weighted by Crippen LogP contribution is 2.21. The summed E-state index contributed by atoms with van der Waals surface area (Å²) in [5.74, 6) is 1.74. The maximum Gasteiger partial charge on any atom is 0.243 e. The van der Waals surface area contributed by atoms with Crippen molar-refractivity contribution in [2.45, 2.75) is 4.90 Å². The van der Waals surface area contributed by atoms with Crippen molar-refractivity contribution in [1.29, 1.82) is 0 Å². The number of rotatable bonds is 2. The van der Waals surface area contributed by atoms with Gasteiger partial charge in [0.05, 0.1) is 4.90 Å². The highest BCUT2D eigenvalue weighted by Gasteiger charge is 2.25. The Labute approximate surface area is 105 Å². The molecule has 2 rings (SSSR count). The average molecular weight is 278 g/mol. The fraction of sp³-hybridized carbons (Fsp3) is 0.400. The molecule has 0 spiro atoms. The van der Waals surface area contributed by atoms with Gasteiger partial charge >= 0.3 is 0 Å². The topological polar surface area (TPSA) is 37.4 Å². The molecule has 1 fully saturated rings. The van der Waals surface area contributed by atoms with Crippen molar-refractivity contribution in [1.82, 2.24) is 4.31 Å². The maximum atomic E-state index is 12.2. The molecule has 1 aromatic carbocycles. The summed E-state index contributed by atoms with van der Waals surface area (Å²) in [5, 5.41) is 0.549. The van der Waals surface area contributed by atoms with Crippen molar-refractivity contribution < 1.29 is 8.42 Å². The summed E-state index contributed by atoms with van der Waals surface area (Å²) < 4.78 is 25.9.